The minimum atomic E-state index is -3.11. The maximum absolute atomic E-state index is 12.9. The van der Waals surface area contributed by atoms with Crippen molar-refractivity contribution in [1.29, 1.82) is 0 Å². The van der Waals surface area contributed by atoms with Crippen LogP contribution in [0.25, 0.3) is 0 Å². The molecule has 2 aromatic rings. The Labute approximate surface area is 192 Å². The van der Waals surface area contributed by atoms with E-state index in [1.807, 2.05) is 43.0 Å². The van der Waals surface area contributed by atoms with Crippen LogP contribution in [0, 0.1) is 13.8 Å². The third kappa shape index (κ3) is 4.49. The maximum Gasteiger partial charge on any atom is 0.252 e. The molecule has 0 unspecified atom stereocenters. The largest absolute Gasteiger partial charge is 0.493 e. The summed E-state index contributed by atoms with van der Waals surface area (Å²) < 4.78 is 35.1. The summed E-state index contributed by atoms with van der Waals surface area (Å²) in [5.41, 5.74) is 3.75. The van der Waals surface area contributed by atoms with Gasteiger partial charge in [-0.1, -0.05) is 30.0 Å². The summed E-state index contributed by atoms with van der Waals surface area (Å²) >= 11 is 1.38. The van der Waals surface area contributed by atoms with Gasteiger partial charge in [-0.3, -0.25) is 4.79 Å². The molecule has 2 saturated heterocycles. The normalized spacial score (nSPS) is 22.8. The molecule has 1 amide bonds. The van der Waals surface area contributed by atoms with Crippen molar-refractivity contribution in [2.75, 3.05) is 30.6 Å². The van der Waals surface area contributed by atoms with Crippen molar-refractivity contribution in [2.45, 2.75) is 31.6 Å². The molecule has 0 bridgehead atoms. The summed E-state index contributed by atoms with van der Waals surface area (Å²) in [6, 6.07) is 11.2. The summed E-state index contributed by atoms with van der Waals surface area (Å²) in [6.45, 7) is 3.98. The van der Waals surface area contributed by atoms with Gasteiger partial charge in [-0.25, -0.2) is 8.42 Å². The lowest BCUT2D eigenvalue weighted by Crippen LogP contribution is -2.38. The lowest BCUT2D eigenvalue weighted by Gasteiger charge is -2.26. The minimum absolute atomic E-state index is 0.0704. The molecule has 0 saturated carbocycles. The number of thioether (sulfide) groups is 1. The molecule has 2 heterocycles. The first-order chi connectivity index (χ1) is 15.2. The van der Waals surface area contributed by atoms with Crippen LogP contribution in [0.2, 0.25) is 0 Å². The number of fused-ring (bicyclic) bond motifs is 1. The van der Waals surface area contributed by atoms with E-state index in [0.717, 1.165) is 22.4 Å². The zero-order chi connectivity index (χ0) is 23.0. The molecule has 2 aliphatic rings. The van der Waals surface area contributed by atoms with Gasteiger partial charge >= 0.3 is 0 Å². The number of carbonyl (C=O) groups excluding carboxylic acids is 1. The second kappa shape index (κ2) is 8.78. The highest BCUT2D eigenvalue weighted by Crippen LogP contribution is 2.42. The van der Waals surface area contributed by atoms with Gasteiger partial charge in [0.15, 0.2) is 26.5 Å². The summed E-state index contributed by atoms with van der Waals surface area (Å²) in [4.78, 5) is 19.3. The molecule has 9 heteroatoms. The molecule has 0 aromatic heterocycles. The number of anilines is 1. The van der Waals surface area contributed by atoms with Gasteiger partial charge < -0.3 is 14.4 Å². The predicted octanol–water partition coefficient (Wildman–Crippen LogP) is 3.16. The first-order valence-corrected chi connectivity index (χ1v) is 13.0. The lowest BCUT2D eigenvalue weighted by molar-refractivity contribution is -0.117. The Hall–Kier alpha value is -2.52. The van der Waals surface area contributed by atoms with Crippen molar-refractivity contribution in [3.05, 3.63) is 53.1 Å². The summed E-state index contributed by atoms with van der Waals surface area (Å²) in [7, 11) is -0.00261. The van der Waals surface area contributed by atoms with E-state index in [1.165, 1.54) is 11.8 Å². The van der Waals surface area contributed by atoms with E-state index >= 15 is 0 Å². The minimum Gasteiger partial charge on any atom is -0.493 e. The predicted molar refractivity (Wildman–Crippen MR) is 128 cm³/mol. The van der Waals surface area contributed by atoms with E-state index in [4.69, 9.17) is 9.47 Å². The number of amides is 1. The van der Waals surface area contributed by atoms with Gasteiger partial charge in [-0.05, 0) is 48.7 Å². The van der Waals surface area contributed by atoms with Crippen molar-refractivity contribution in [2.24, 2.45) is 4.99 Å². The molecule has 170 valence electrons. The molecular weight excluding hydrogens is 448 g/mol. The van der Waals surface area contributed by atoms with Gasteiger partial charge in [0.2, 0.25) is 0 Å². The Morgan fingerprint density at radius 2 is 1.84 bits per heavy atom. The van der Waals surface area contributed by atoms with Crippen LogP contribution in [0.15, 0.2) is 41.4 Å². The van der Waals surface area contributed by atoms with Gasteiger partial charge in [-0.15, -0.1) is 0 Å². The molecule has 4 rings (SSSR count). The van der Waals surface area contributed by atoms with Crippen molar-refractivity contribution < 1.29 is 22.7 Å². The first kappa shape index (κ1) is 22.7. The fourth-order valence-electron chi connectivity index (χ4n) is 4.14. The topological polar surface area (TPSA) is 85.3 Å². The van der Waals surface area contributed by atoms with Crippen LogP contribution in [0.3, 0.4) is 0 Å². The average molecular weight is 475 g/mol. The first-order valence-electron chi connectivity index (χ1n) is 10.3. The SMILES string of the molecule is COc1ccc(CC(=O)N=C2S[C@@H]3CS(=O)(=O)C[C@H]3N2c2cc(C)ccc2C)cc1OC. The fraction of sp³-hybridized carbons (Fsp3) is 0.391. The van der Waals surface area contributed by atoms with E-state index in [0.29, 0.717) is 16.7 Å². The highest BCUT2D eigenvalue weighted by molar-refractivity contribution is 8.16. The number of hydrogen-bond acceptors (Lipinski definition) is 6. The van der Waals surface area contributed by atoms with Crippen LogP contribution in [-0.4, -0.2) is 56.5 Å². The molecule has 2 aromatic carbocycles. The van der Waals surface area contributed by atoms with Gasteiger partial charge in [0, 0.05) is 10.9 Å². The van der Waals surface area contributed by atoms with Gasteiger partial charge in [0.1, 0.15) is 0 Å². The number of benzene rings is 2. The fourth-order valence-corrected chi connectivity index (χ4v) is 8.06. The third-order valence-corrected chi connectivity index (χ3v) is 8.92. The van der Waals surface area contributed by atoms with E-state index in [2.05, 4.69) is 4.99 Å². The molecular formula is C23H26N2O5S2. The molecule has 0 radical (unpaired) electrons. The molecule has 2 atom stereocenters. The Morgan fingerprint density at radius 1 is 1.09 bits per heavy atom. The quantitative estimate of drug-likeness (QED) is 0.658. The number of rotatable bonds is 5. The van der Waals surface area contributed by atoms with Crippen LogP contribution >= 0.6 is 11.8 Å². The highest BCUT2D eigenvalue weighted by atomic mass is 32.2. The number of carbonyl (C=O) groups is 1. The summed E-state index contributed by atoms with van der Waals surface area (Å²) in [5, 5.41) is 0.432. The second-order valence-electron chi connectivity index (χ2n) is 8.11. The zero-order valence-corrected chi connectivity index (χ0v) is 20.1. The Bertz CT molecular complexity index is 1190. The number of methoxy groups -OCH3 is 2. The van der Waals surface area contributed by atoms with Crippen molar-refractivity contribution in [3.8, 4) is 11.5 Å². The van der Waals surface area contributed by atoms with Crippen molar-refractivity contribution in [1.82, 2.24) is 0 Å². The molecule has 0 aliphatic carbocycles. The van der Waals surface area contributed by atoms with E-state index in [9.17, 15) is 13.2 Å². The highest BCUT2D eigenvalue weighted by Gasteiger charge is 2.49. The average Bonchev–Trinajstić information content (AvgIpc) is 3.20. The number of aryl methyl sites for hydroxylation is 2. The number of sulfone groups is 1. The van der Waals surface area contributed by atoms with Gasteiger partial charge in [0.05, 0.1) is 38.2 Å². The Balaban J connectivity index is 1.65. The number of nitrogens with zero attached hydrogens (tertiary/aromatic N) is 2. The summed E-state index contributed by atoms with van der Waals surface area (Å²) in [5.74, 6) is 1.03. The zero-order valence-electron chi connectivity index (χ0n) is 18.5. The van der Waals surface area contributed by atoms with Crippen LogP contribution in [-0.2, 0) is 21.1 Å². The van der Waals surface area contributed by atoms with E-state index in [-0.39, 0.29) is 35.1 Å². The van der Waals surface area contributed by atoms with E-state index in [1.54, 1.807) is 26.4 Å². The van der Waals surface area contributed by atoms with Crippen LogP contribution in [0.4, 0.5) is 5.69 Å². The molecule has 32 heavy (non-hydrogen) atoms. The van der Waals surface area contributed by atoms with Crippen molar-refractivity contribution in [3.63, 3.8) is 0 Å². The molecule has 2 fully saturated rings. The smallest absolute Gasteiger partial charge is 0.252 e. The molecule has 2 aliphatic heterocycles. The van der Waals surface area contributed by atoms with E-state index < -0.39 is 9.84 Å². The Morgan fingerprint density at radius 3 is 2.56 bits per heavy atom. The summed E-state index contributed by atoms with van der Waals surface area (Å²) in [6.07, 6.45) is 0.110. The van der Waals surface area contributed by atoms with Gasteiger partial charge in [0.25, 0.3) is 5.91 Å². The van der Waals surface area contributed by atoms with Crippen LogP contribution in [0.5, 0.6) is 11.5 Å². The number of aliphatic imine (C=N–C) groups is 1. The maximum atomic E-state index is 12.9. The monoisotopic (exact) mass is 474 g/mol. The number of ether oxygens (including phenoxy) is 2. The Kier molecular flexibility index (Phi) is 6.22. The number of amidine groups is 1. The molecule has 7 nitrogen and oxygen atoms in total. The molecule has 0 N–H and O–H groups in total. The second-order valence-corrected chi connectivity index (χ2v) is 11.5. The van der Waals surface area contributed by atoms with Crippen molar-refractivity contribution >= 4 is 38.4 Å². The van der Waals surface area contributed by atoms with Gasteiger partial charge in [-0.2, -0.15) is 4.99 Å². The van der Waals surface area contributed by atoms with Crippen LogP contribution in [0.1, 0.15) is 16.7 Å². The standard InChI is InChI=1S/C23H26N2O5S2/c1-14-5-6-15(2)17(9-14)25-18-12-32(27,28)13-21(18)31-23(25)24-22(26)11-16-7-8-19(29-3)20(10-16)30-4/h5-10,18,21H,11-13H2,1-4H3/t18-,21-/m1/s1. The third-order valence-electron chi connectivity index (χ3n) is 5.71. The van der Waals surface area contributed by atoms with Crippen LogP contribution < -0.4 is 14.4 Å². The number of hydrogen-bond donors (Lipinski definition) is 0. The molecule has 0 spiro atoms. The lowest BCUT2D eigenvalue weighted by atomic mass is 10.1.